The van der Waals surface area contributed by atoms with Crippen molar-refractivity contribution in [1.29, 1.82) is 0 Å². The third-order valence-electron chi connectivity index (χ3n) is 7.68. The van der Waals surface area contributed by atoms with Gasteiger partial charge in [-0.05, 0) is 57.3 Å². The molecule has 0 aromatic carbocycles. The first kappa shape index (κ1) is 19.0. The van der Waals surface area contributed by atoms with Crippen molar-refractivity contribution < 1.29 is 9.53 Å². The van der Waals surface area contributed by atoms with Crippen molar-refractivity contribution in [3.05, 3.63) is 0 Å². The van der Waals surface area contributed by atoms with Crippen LogP contribution in [0.25, 0.3) is 0 Å². The lowest BCUT2D eigenvalue weighted by Gasteiger charge is -2.61. The molecule has 27 heavy (non-hydrogen) atoms. The number of carbonyl (C=O) groups is 1. The Balaban J connectivity index is 1.41. The summed E-state index contributed by atoms with van der Waals surface area (Å²) in [5, 5.41) is 7.40. The summed E-state index contributed by atoms with van der Waals surface area (Å²) in [7, 11) is 3.58. The van der Waals surface area contributed by atoms with Gasteiger partial charge in [0, 0.05) is 38.2 Å². The third-order valence-corrected chi connectivity index (χ3v) is 7.68. The van der Waals surface area contributed by atoms with Crippen LogP contribution in [0.15, 0.2) is 4.99 Å². The van der Waals surface area contributed by atoms with Gasteiger partial charge in [-0.25, -0.2) is 4.99 Å². The van der Waals surface area contributed by atoms with Gasteiger partial charge in [-0.1, -0.05) is 12.8 Å². The highest BCUT2D eigenvalue weighted by Gasteiger charge is 2.59. The lowest BCUT2D eigenvalue weighted by atomic mass is 9.51. The van der Waals surface area contributed by atoms with Gasteiger partial charge in [0.25, 0.3) is 0 Å². The fourth-order valence-electron chi connectivity index (χ4n) is 5.82. The highest BCUT2D eigenvalue weighted by atomic mass is 16.5. The second kappa shape index (κ2) is 7.61. The van der Waals surface area contributed by atoms with Gasteiger partial charge < -0.3 is 20.3 Å². The molecule has 0 saturated heterocycles. The Morgan fingerprint density at radius 1 is 1.19 bits per heavy atom. The van der Waals surface area contributed by atoms with Crippen LogP contribution in [0, 0.1) is 17.3 Å². The van der Waals surface area contributed by atoms with E-state index in [0.717, 1.165) is 30.8 Å². The number of amides is 1. The number of nitrogens with zero attached hydrogens (tertiary/aromatic N) is 2. The molecule has 4 saturated carbocycles. The van der Waals surface area contributed by atoms with Gasteiger partial charge in [0.1, 0.15) is 6.54 Å². The first-order chi connectivity index (χ1) is 13.0. The summed E-state index contributed by atoms with van der Waals surface area (Å²) >= 11 is 0. The van der Waals surface area contributed by atoms with E-state index in [2.05, 4.69) is 22.5 Å². The smallest absolute Gasteiger partial charge is 0.243 e. The van der Waals surface area contributed by atoms with E-state index in [1.54, 1.807) is 19.0 Å². The molecule has 1 amide bonds. The Bertz CT molecular complexity index is 587. The topological polar surface area (TPSA) is 66.0 Å². The maximum Gasteiger partial charge on any atom is 0.243 e. The molecule has 0 radical (unpaired) electrons. The summed E-state index contributed by atoms with van der Waals surface area (Å²) in [6, 6.07) is 0.937. The monoisotopic (exact) mass is 376 g/mol. The molecular weight excluding hydrogens is 340 g/mol. The zero-order valence-electron chi connectivity index (χ0n) is 17.2. The van der Waals surface area contributed by atoms with E-state index >= 15 is 0 Å². The molecular formula is C21H36N4O2. The van der Waals surface area contributed by atoms with Crippen LogP contribution in [0.4, 0.5) is 0 Å². The molecule has 5 atom stereocenters. The van der Waals surface area contributed by atoms with Gasteiger partial charge in [-0.3, -0.25) is 4.79 Å². The highest BCUT2D eigenvalue weighted by Crippen LogP contribution is 2.57. The van der Waals surface area contributed by atoms with Crippen LogP contribution >= 0.6 is 0 Å². The molecule has 1 spiro atoms. The molecule has 5 unspecified atom stereocenters. The van der Waals surface area contributed by atoms with Gasteiger partial charge in [0.05, 0.1) is 6.10 Å². The number of hydrogen-bond donors (Lipinski definition) is 2. The maximum atomic E-state index is 12.1. The average molecular weight is 377 g/mol. The summed E-state index contributed by atoms with van der Waals surface area (Å²) in [6.07, 6.45) is 10.6. The Labute approximate surface area is 163 Å². The van der Waals surface area contributed by atoms with Crippen LogP contribution in [-0.4, -0.2) is 62.2 Å². The number of guanidine groups is 1. The van der Waals surface area contributed by atoms with Crippen LogP contribution in [0.1, 0.15) is 58.3 Å². The summed E-state index contributed by atoms with van der Waals surface area (Å²) in [6.45, 7) is 3.09. The van der Waals surface area contributed by atoms with Crippen molar-refractivity contribution in [2.75, 3.05) is 27.2 Å². The van der Waals surface area contributed by atoms with Crippen LogP contribution in [-0.2, 0) is 9.53 Å². The molecule has 4 fully saturated rings. The highest BCUT2D eigenvalue weighted by molar-refractivity contribution is 5.85. The van der Waals surface area contributed by atoms with Gasteiger partial charge in [0.15, 0.2) is 5.96 Å². The quantitative estimate of drug-likeness (QED) is 0.551. The molecule has 4 rings (SSSR count). The van der Waals surface area contributed by atoms with Crippen molar-refractivity contribution in [2.24, 2.45) is 22.2 Å². The van der Waals surface area contributed by atoms with Gasteiger partial charge in [-0.2, -0.15) is 0 Å². The van der Waals surface area contributed by atoms with E-state index in [0.29, 0.717) is 23.6 Å². The van der Waals surface area contributed by atoms with Crippen LogP contribution in [0.3, 0.4) is 0 Å². The van der Waals surface area contributed by atoms with Crippen LogP contribution < -0.4 is 10.6 Å². The minimum absolute atomic E-state index is 0.0446. The Morgan fingerprint density at radius 2 is 2.00 bits per heavy atom. The number of ether oxygens (including phenoxy) is 1. The third kappa shape index (κ3) is 3.57. The predicted molar refractivity (Wildman–Crippen MR) is 107 cm³/mol. The summed E-state index contributed by atoms with van der Waals surface area (Å²) < 4.78 is 5.99. The fraction of sp³-hybridized carbons (Fsp3) is 0.905. The first-order valence-corrected chi connectivity index (χ1v) is 10.9. The molecule has 2 N–H and O–H groups in total. The molecule has 6 heteroatoms. The van der Waals surface area contributed by atoms with E-state index in [4.69, 9.17) is 4.74 Å². The number of carbonyl (C=O) groups excluding carboxylic acids is 1. The lowest BCUT2D eigenvalue weighted by Crippen LogP contribution is -2.69. The number of nitrogens with one attached hydrogen (secondary N) is 2. The normalized spacial score (nSPS) is 36.3. The molecule has 2 bridgehead atoms. The first-order valence-electron chi connectivity index (χ1n) is 10.9. The summed E-state index contributed by atoms with van der Waals surface area (Å²) in [5.74, 6) is 2.56. The Kier molecular flexibility index (Phi) is 5.36. The van der Waals surface area contributed by atoms with Gasteiger partial charge in [-0.15, -0.1) is 0 Å². The Hall–Kier alpha value is -1.30. The molecule has 0 aromatic heterocycles. The largest absolute Gasteiger partial charge is 0.378 e. The maximum absolute atomic E-state index is 12.1. The standard InChI is InChI=1S/C21H36N4O2/c1-4-27-18-12-17(21(18)8-5-9-21)24-20(22-13-19(26)25(2)3)23-16-11-14-6-7-15(16)10-14/h14-18H,4-13H2,1-3H3,(H2,22,23,24). The molecule has 152 valence electrons. The fourth-order valence-corrected chi connectivity index (χ4v) is 5.82. The van der Waals surface area contributed by atoms with Crippen molar-refractivity contribution in [1.82, 2.24) is 15.5 Å². The van der Waals surface area contributed by atoms with Gasteiger partial charge in [0.2, 0.25) is 5.91 Å². The van der Waals surface area contributed by atoms with Crippen molar-refractivity contribution in [3.63, 3.8) is 0 Å². The summed E-state index contributed by atoms with van der Waals surface area (Å²) in [4.78, 5) is 18.3. The molecule has 0 aliphatic heterocycles. The number of hydrogen-bond acceptors (Lipinski definition) is 3. The van der Waals surface area contributed by atoms with Crippen LogP contribution in [0.2, 0.25) is 0 Å². The molecule has 0 heterocycles. The summed E-state index contributed by atoms with van der Waals surface area (Å²) in [5.41, 5.74) is 0.290. The van der Waals surface area contributed by atoms with Crippen molar-refractivity contribution in [3.8, 4) is 0 Å². The molecule has 4 aliphatic rings. The SMILES string of the molecule is CCOC1CC(NC(=NCC(=O)N(C)C)NC2CC3CCC2C3)C12CCC2. The van der Waals surface area contributed by atoms with Gasteiger partial charge >= 0.3 is 0 Å². The minimum atomic E-state index is 0.0446. The second-order valence-electron chi connectivity index (χ2n) is 9.34. The number of fused-ring (bicyclic) bond motifs is 2. The molecule has 0 aromatic rings. The zero-order chi connectivity index (χ0) is 19.0. The van der Waals surface area contributed by atoms with E-state index in [9.17, 15) is 4.79 Å². The van der Waals surface area contributed by atoms with E-state index < -0.39 is 0 Å². The number of likely N-dealkylation sites (N-methyl/N-ethyl adjacent to an activating group) is 1. The van der Waals surface area contributed by atoms with E-state index in [1.807, 2.05) is 0 Å². The average Bonchev–Trinajstić information content (AvgIpc) is 3.19. The van der Waals surface area contributed by atoms with E-state index in [-0.39, 0.29) is 12.5 Å². The van der Waals surface area contributed by atoms with Crippen LogP contribution in [0.5, 0.6) is 0 Å². The van der Waals surface area contributed by atoms with E-state index in [1.165, 1.54) is 44.9 Å². The van der Waals surface area contributed by atoms with Crippen molar-refractivity contribution in [2.45, 2.75) is 76.5 Å². The lowest BCUT2D eigenvalue weighted by molar-refractivity contribution is -0.168. The number of aliphatic imine (C=N–C) groups is 1. The molecule has 4 aliphatic carbocycles. The molecule has 6 nitrogen and oxygen atoms in total. The zero-order valence-corrected chi connectivity index (χ0v) is 17.2. The number of rotatable bonds is 6. The van der Waals surface area contributed by atoms with Crippen molar-refractivity contribution >= 4 is 11.9 Å². The predicted octanol–water partition coefficient (Wildman–Crippen LogP) is 2.15. The second-order valence-corrected chi connectivity index (χ2v) is 9.34. The minimum Gasteiger partial charge on any atom is -0.378 e. The Morgan fingerprint density at radius 3 is 2.56 bits per heavy atom.